The van der Waals surface area contributed by atoms with E-state index in [9.17, 15) is 9.90 Å². The maximum Gasteiger partial charge on any atom is 0.353 e. The molecular weight excluding hydrogens is 514 g/mol. The Kier molecular flexibility index (Phi) is 8.73. The summed E-state index contributed by atoms with van der Waals surface area (Å²) < 4.78 is 34.4. The number of aryl methyl sites for hydroxylation is 2. The molecule has 0 amide bonds. The Morgan fingerprint density at radius 1 is 0.650 bits per heavy atom. The maximum absolute atomic E-state index is 12.8. The summed E-state index contributed by atoms with van der Waals surface area (Å²) in [4.78, 5) is 12.8. The second-order valence-electron chi connectivity index (χ2n) is 8.84. The molecule has 4 rings (SSSR count). The fourth-order valence-corrected chi connectivity index (χ4v) is 4.75. The summed E-state index contributed by atoms with van der Waals surface area (Å²) in [5, 5.41) is 10.5. The number of nitrogens with zero attached hydrogens (tertiary/aromatic N) is 1. The molecule has 9 heteroatoms. The monoisotopic (exact) mass is 547 g/mol. The van der Waals surface area contributed by atoms with Crippen molar-refractivity contribution in [3.05, 3.63) is 72.1 Å². The molecule has 4 aromatic rings. The first-order valence-electron chi connectivity index (χ1n) is 12.5. The van der Waals surface area contributed by atoms with Crippen LogP contribution >= 0.6 is 0 Å². The first-order valence-corrected chi connectivity index (χ1v) is 12.5. The van der Waals surface area contributed by atoms with Crippen LogP contribution in [-0.2, 0) is 13.0 Å². The molecule has 0 atom stereocenters. The van der Waals surface area contributed by atoms with Crippen molar-refractivity contribution in [2.45, 2.75) is 13.0 Å². The van der Waals surface area contributed by atoms with E-state index in [1.54, 1.807) is 65.4 Å². The largest absolute Gasteiger partial charge is 0.493 e. The normalized spacial score (nSPS) is 10.7. The van der Waals surface area contributed by atoms with E-state index in [0.717, 1.165) is 16.7 Å². The summed E-state index contributed by atoms with van der Waals surface area (Å²) in [6.45, 7) is 0.407. The molecule has 0 aliphatic heterocycles. The number of carboxylic acid groups (broad SMARTS) is 1. The third kappa shape index (κ3) is 5.49. The van der Waals surface area contributed by atoms with E-state index in [0.29, 0.717) is 58.6 Å². The number of hydrogen-bond acceptors (Lipinski definition) is 7. The van der Waals surface area contributed by atoms with Crippen LogP contribution in [0.25, 0.3) is 22.3 Å². The number of carbonyl (C=O) groups is 1. The van der Waals surface area contributed by atoms with Gasteiger partial charge in [-0.2, -0.15) is 0 Å². The van der Waals surface area contributed by atoms with E-state index in [2.05, 4.69) is 0 Å². The Morgan fingerprint density at radius 3 is 1.65 bits per heavy atom. The van der Waals surface area contributed by atoms with Gasteiger partial charge < -0.3 is 38.1 Å². The SMILES string of the molecule is COc1ccc(CCn2cc(-c3ccc(OC)c(OC)c3)c(-c3ccc(OC)c(OC)c3)c2C(=O)O)cc1OC. The van der Waals surface area contributed by atoms with Crippen LogP contribution in [0.2, 0.25) is 0 Å². The molecule has 0 saturated carbocycles. The average molecular weight is 548 g/mol. The predicted molar refractivity (Wildman–Crippen MR) is 152 cm³/mol. The fourth-order valence-electron chi connectivity index (χ4n) is 4.75. The standard InChI is InChI=1S/C31H33NO8/c1-35-23-10-7-19(15-26(23)38-4)13-14-32-18-22(20-8-11-24(36-2)27(16-20)39-5)29(30(32)31(33)34)21-9-12-25(37-3)28(17-21)40-6/h7-12,15-18H,13-14H2,1-6H3,(H,33,34). The molecule has 9 nitrogen and oxygen atoms in total. The number of hydrogen-bond donors (Lipinski definition) is 1. The molecule has 0 bridgehead atoms. The van der Waals surface area contributed by atoms with E-state index >= 15 is 0 Å². The molecule has 0 unspecified atom stereocenters. The van der Waals surface area contributed by atoms with E-state index in [1.807, 2.05) is 42.6 Å². The molecule has 0 radical (unpaired) electrons. The fraction of sp³-hybridized carbons (Fsp3) is 0.258. The summed E-state index contributed by atoms with van der Waals surface area (Å²) in [7, 11) is 9.40. The molecule has 1 heterocycles. The van der Waals surface area contributed by atoms with E-state index < -0.39 is 5.97 Å². The van der Waals surface area contributed by atoms with Gasteiger partial charge in [0.2, 0.25) is 0 Å². The van der Waals surface area contributed by atoms with Crippen LogP contribution in [0.1, 0.15) is 16.1 Å². The van der Waals surface area contributed by atoms with Crippen molar-refractivity contribution >= 4 is 5.97 Å². The molecular formula is C31H33NO8. The Labute approximate surface area is 233 Å². The second kappa shape index (κ2) is 12.4. The number of rotatable bonds is 12. The summed E-state index contributed by atoms with van der Waals surface area (Å²) >= 11 is 0. The van der Waals surface area contributed by atoms with Gasteiger partial charge in [-0.1, -0.05) is 18.2 Å². The van der Waals surface area contributed by atoms with Gasteiger partial charge in [0, 0.05) is 23.9 Å². The molecule has 1 aromatic heterocycles. The second-order valence-corrected chi connectivity index (χ2v) is 8.84. The van der Waals surface area contributed by atoms with Crippen LogP contribution in [0, 0.1) is 0 Å². The van der Waals surface area contributed by atoms with E-state index in [4.69, 9.17) is 28.4 Å². The average Bonchev–Trinajstić information content (AvgIpc) is 3.38. The van der Waals surface area contributed by atoms with Crippen molar-refractivity contribution in [1.82, 2.24) is 4.57 Å². The van der Waals surface area contributed by atoms with Crippen molar-refractivity contribution in [2.75, 3.05) is 42.7 Å². The summed E-state index contributed by atoms with van der Waals surface area (Å²) in [5.74, 6) is 2.34. The van der Waals surface area contributed by atoms with E-state index in [-0.39, 0.29) is 5.69 Å². The Bertz CT molecular complexity index is 1510. The zero-order chi connectivity index (χ0) is 28.8. The highest BCUT2D eigenvalue weighted by Gasteiger charge is 2.25. The quantitative estimate of drug-likeness (QED) is 0.237. The molecule has 210 valence electrons. The molecule has 0 aliphatic rings. The Balaban J connectivity index is 1.88. The third-order valence-corrected chi connectivity index (χ3v) is 6.74. The predicted octanol–water partition coefficient (Wildman–Crippen LogP) is 5.81. The smallest absolute Gasteiger partial charge is 0.353 e. The van der Waals surface area contributed by atoms with E-state index in [1.165, 1.54) is 0 Å². The molecule has 0 aliphatic carbocycles. The maximum atomic E-state index is 12.8. The van der Waals surface area contributed by atoms with Crippen LogP contribution in [0.5, 0.6) is 34.5 Å². The molecule has 0 saturated heterocycles. The highest BCUT2D eigenvalue weighted by molar-refractivity contribution is 6.01. The van der Waals surface area contributed by atoms with Gasteiger partial charge >= 0.3 is 5.97 Å². The Morgan fingerprint density at radius 2 is 1.12 bits per heavy atom. The number of benzene rings is 3. The molecule has 40 heavy (non-hydrogen) atoms. The third-order valence-electron chi connectivity index (χ3n) is 6.74. The molecule has 1 N–H and O–H groups in total. The Hall–Kier alpha value is -4.79. The zero-order valence-electron chi connectivity index (χ0n) is 23.4. The number of ether oxygens (including phenoxy) is 6. The van der Waals surface area contributed by atoms with Gasteiger partial charge in [0.05, 0.1) is 42.7 Å². The summed E-state index contributed by atoms with van der Waals surface area (Å²) in [6, 6.07) is 16.6. The van der Waals surface area contributed by atoms with Crippen molar-refractivity contribution in [3.63, 3.8) is 0 Å². The molecule has 3 aromatic carbocycles. The number of carboxylic acids is 1. The minimum absolute atomic E-state index is 0.150. The summed E-state index contributed by atoms with van der Waals surface area (Å²) in [5.41, 5.74) is 3.84. The van der Waals surface area contributed by atoms with Gasteiger partial charge in [-0.25, -0.2) is 4.79 Å². The van der Waals surface area contributed by atoms with Gasteiger partial charge in [0.1, 0.15) is 5.69 Å². The highest BCUT2D eigenvalue weighted by atomic mass is 16.5. The lowest BCUT2D eigenvalue weighted by molar-refractivity contribution is 0.0686. The first kappa shape index (κ1) is 28.2. The summed E-state index contributed by atoms with van der Waals surface area (Å²) in [6.07, 6.45) is 2.42. The molecule has 0 fully saturated rings. The lowest BCUT2D eigenvalue weighted by Gasteiger charge is -2.13. The van der Waals surface area contributed by atoms with Crippen molar-refractivity contribution in [2.24, 2.45) is 0 Å². The lowest BCUT2D eigenvalue weighted by atomic mass is 9.96. The first-order chi connectivity index (χ1) is 19.4. The van der Waals surface area contributed by atoms with Crippen LogP contribution < -0.4 is 28.4 Å². The number of aromatic carboxylic acids is 1. The number of methoxy groups -OCH3 is 6. The van der Waals surface area contributed by atoms with Gasteiger partial charge in [-0.05, 0) is 59.5 Å². The van der Waals surface area contributed by atoms with Crippen LogP contribution in [-0.4, -0.2) is 58.3 Å². The van der Waals surface area contributed by atoms with Gasteiger partial charge in [0.15, 0.2) is 34.5 Å². The van der Waals surface area contributed by atoms with Crippen LogP contribution in [0.15, 0.2) is 60.8 Å². The van der Waals surface area contributed by atoms with Crippen LogP contribution in [0.3, 0.4) is 0 Å². The number of aromatic nitrogens is 1. The zero-order valence-corrected chi connectivity index (χ0v) is 23.4. The van der Waals surface area contributed by atoms with Crippen LogP contribution in [0.4, 0.5) is 0 Å². The van der Waals surface area contributed by atoms with Gasteiger partial charge in [-0.3, -0.25) is 0 Å². The molecule has 0 spiro atoms. The van der Waals surface area contributed by atoms with Crippen molar-refractivity contribution in [3.8, 4) is 56.8 Å². The minimum Gasteiger partial charge on any atom is -0.493 e. The topological polar surface area (TPSA) is 97.6 Å². The lowest BCUT2D eigenvalue weighted by Crippen LogP contribution is -2.10. The minimum atomic E-state index is -1.05. The van der Waals surface area contributed by atoms with Crippen molar-refractivity contribution < 1.29 is 38.3 Å². The van der Waals surface area contributed by atoms with Crippen molar-refractivity contribution in [1.29, 1.82) is 0 Å². The highest BCUT2D eigenvalue weighted by Crippen LogP contribution is 2.42. The van der Waals surface area contributed by atoms with Gasteiger partial charge in [0.25, 0.3) is 0 Å². The van der Waals surface area contributed by atoms with Gasteiger partial charge in [-0.15, -0.1) is 0 Å².